The molecule has 0 aromatic heterocycles. The largest absolute Gasteiger partial charge is 0.451 e. The predicted molar refractivity (Wildman–Crippen MR) is 104 cm³/mol. The van der Waals surface area contributed by atoms with Crippen molar-refractivity contribution in [1.29, 1.82) is 0 Å². The summed E-state index contributed by atoms with van der Waals surface area (Å²) in [6.45, 7) is 6.98. The fraction of sp³-hybridized carbons (Fsp3) is 0.286. The van der Waals surface area contributed by atoms with Crippen molar-refractivity contribution in [2.45, 2.75) is 33.8 Å². The minimum Gasteiger partial charge on any atom is -0.451 e. The van der Waals surface area contributed by atoms with Gasteiger partial charge in [-0.05, 0) is 63.1 Å². The van der Waals surface area contributed by atoms with Crippen molar-refractivity contribution in [3.8, 4) is 0 Å². The van der Waals surface area contributed by atoms with Crippen molar-refractivity contribution in [1.82, 2.24) is 5.32 Å². The zero-order chi connectivity index (χ0) is 20.0. The van der Waals surface area contributed by atoms with E-state index in [1.165, 1.54) is 6.92 Å². The van der Waals surface area contributed by atoms with Crippen LogP contribution in [0.5, 0.6) is 0 Å². The molecule has 2 aromatic rings. The van der Waals surface area contributed by atoms with Crippen LogP contribution in [0.3, 0.4) is 0 Å². The third-order valence-electron chi connectivity index (χ3n) is 4.16. The Balaban J connectivity index is 1.81. The molecule has 6 heteroatoms. The summed E-state index contributed by atoms with van der Waals surface area (Å²) in [7, 11) is 0. The number of benzene rings is 2. The van der Waals surface area contributed by atoms with Gasteiger partial charge in [0.25, 0.3) is 11.8 Å². The molecule has 2 N–H and O–H groups in total. The Kier molecular flexibility index (Phi) is 6.71. The van der Waals surface area contributed by atoms with Crippen molar-refractivity contribution >= 4 is 23.5 Å². The van der Waals surface area contributed by atoms with Crippen LogP contribution >= 0.6 is 0 Å². The van der Waals surface area contributed by atoms with Crippen molar-refractivity contribution in [3.05, 3.63) is 64.7 Å². The van der Waals surface area contributed by atoms with Gasteiger partial charge in [-0.25, -0.2) is 0 Å². The number of esters is 1. The van der Waals surface area contributed by atoms with E-state index in [4.69, 9.17) is 4.74 Å². The van der Waals surface area contributed by atoms with Gasteiger partial charge in [-0.2, -0.15) is 0 Å². The monoisotopic (exact) mass is 368 g/mol. The smallest absolute Gasteiger partial charge is 0.326 e. The first-order valence-corrected chi connectivity index (χ1v) is 8.68. The van der Waals surface area contributed by atoms with E-state index in [1.54, 1.807) is 24.3 Å². The highest BCUT2D eigenvalue weighted by molar-refractivity contribution is 5.97. The van der Waals surface area contributed by atoms with Gasteiger partial charge in [-0.3, -0.25) is 14.4 Å². The van der Waals surface area contributed by atoms with E-state index in [1.807, 2.05) is 39.0 Å². The molecule has 0 aliphatic carbocycles. The summed E-state index contributed by atoms with van der Waals surface area (Å²) in [6.07, 6.45) is -0.975. The maximum atomic E-state index is 12.1. The van der Waals surface area contributed by atoms with Gasteiger partial charge in [-0.1, -0.05) is 23.8 Å². The normalized spacial score (nSPS) is 11.4. The van der Waals surface area contributed by atoms with Crippen LogP contribution in [-0.4, -0.2) is 30.4 Å². The summed E-state index contributed by atoms with van der Waals surface area (Å²) in [5.74, 6) is -1.49. The maximum Gasteiger partial charge on any atom is 0.326 e. The number of hydrogen-bond acceptors (Lipinski definition) is 4. The highest BCUT2D eigenvalue weighted by atomic mass is 16.5. The summed E-state index contributed by atoms with van der Waals surface area (Å²) >= 11 is 0. The van der Waals surface area contributed by atoms with Crippen LogP contribution in [0, 0.1) is 20.8 Å². The summed E-state index contributed by atoms with van der Waals surface area (Å²) < 4.78 is 5.07. The standard InChI is InChI=1S/C21H24N2O4/c1-13-5-9-18(10-6-13)23-20(25)16(4)27-19(24)12-22-21(26)17-8-7-14(2)15(3)11-17/h5-11,16H,12H2,1-4H3,(H,22,26)(H,23,25)/t16-/m1/s1. The van der Waals surface area contributed by atoms with E-state index in [2.05, 4.69) is 10.6 Å². The minimum atomic E-state index is -0.975. The molecule has 0 aliphatic heterocycles. The fourth-order valence-corrected chi connectivity index (χ4v) is 2.31. The lowest BCUT2D eigenvalue weighted by atomic mass is 10.1. The average molecular weight is 368 g/mol. The second kappa shape index (κ2) is 8.98. The number of carbonyl (C=O) groups excluding carboxylic acids is 3. The lowest BCUT2D eigenvalue weighted by molar-refractivity contribution is -0.152. The van der Waals surface area contributed by atoms with E-state index in [9.17, 15) is 14.4 Å². The lowest BCUT2D eigenvalue weighted by Crippen LogP contribution is -2.35. The van der Waals surface area contributed by atoms with Gasteiger partial charge in [0.1, 0.15) is 6.54 Å². The van der Waals surface area contributed by atoms with Gasteiger partial charge < -0.3 is 15.4 Å². The third kappa shape index (κ3) is 5.95. The molecule has 27 heavy (non-hydrogen) atoms. The van der Waals surface area contributed by atoms with E-state index in [0.29, 0.717) is 11.3 Å². The summed E-state index contributed by atoms with van der Waals surface area (Å²) in [5.41, 5.74) is 4.24. The molecule has 2 amide bonds. The Labute approximate surface area is 158 Å². The van der Waals surface area contributed by atoms with Crippen molar-refractivity contribution in [3.63, 3.8) is 0 Å². The second-order valence-corrected chi connectivity index (χ2v) is 6.47. The molecule has 0 saturated heterocycles. The number of aryl methyl sites for hydroxylation is 3. The zero-order valence-electron chi connectivity index (χ0n) is 16.0. The van der Waals surface area contributed by atoms with Crippen LogP contribution in [-0.2, 0) is 14.3 Å². The Morgan fingerprint density at radius 1 is 0.963 bits per heavy atom. The first-order valence-electron chi connectivity index (χ1n) is 8.68. The van der Waals surface area contributed by atoms with Gasteiger partial charge in [0.2, 0.25) is 0 Å². The van der Waals surface area contributed by atoms with Gasteiger partial charge in [0.15, 0.2) is 6.10 Å². The Morgan fingerprint density at radius 2 is 1.63 bits per heavy atom. The average Bonchev–Trinajstić information content (AvgIpc) is 2.63. The molecule has 0 saturated carbocycles. The first kappa shape index (κ1) is 20.2. The van der Waals surface area contributed by atoms with Crippen molar-refractivity contribution < 1.29 is 19.1 Å². The van der Waals surface area contributed by atoms with Gasteiger partial charge in [0.05, 0.1) is 0 Å². The van der Waals surface area contributed by atoms with Gasteiger partial charge >= 0.3 is 5.97 Å². The number of nitrogens with one attached hydrogen (secondary N) is 2. The van der Waals surface area contributed by atoms with Crippen molar-refractivity contribution in [2.75, 3.05) is 11.9 Å². The summed E-state index contributed by atoms with van der Waals surface area (Å²) in [4.78, 5) is 36.1. The number of anilines is 1. The highest BCUT2D eigenvalue weighted by Crippen LogP contribution is 2.10. The SMILES string of the molecule is Cc1ccc(NC(=O)[C@@H](C)OC(=O)CNC(=O)c2ccc(C)c(C)c2)cc1. The molecular weight excluding hydrogens is 344 g/mol. The zero-order valence-corrected chi connectivity index (χ0v) is 16.0. The minimum absolute atomic E-state index is 0.312. The number of hydrogen-bond donors (Lipinski definition) is 2. The molecule has 6 nitrogen and oxygen atoms in total. The van der Waals surface area contributed by atoms with Crippen LogP contribution in [0.15, 0.2) is 42.5 Å². The van der Waals surface area contributed by atoms with E-state index >= 15 is 0 Å². The van der Waals surface area contributed by atoms with Gasteiger partial charge in [-0.15, -0.1) is 0 Å². The topological polar surface area (TPSA) is 84.5 Å². The molecule has 0 fully saturated rings. The highest BCUT2D eigenvalue weighted by Gasteiger charge is 2.18. The van der Waals surface area contributed by atoms with Crippen LogP contribution in [0.4, 0.5) is 5.69 Å². The lowest BCUT2D eigenvalue weighted by Gasteiger charge is -2.14. The quantitative estimate of drug-likeness (QED) is 0.768. The molecule has 0 heterocycles. The molecule has 2 aromatic carbocycles. The fourth-order valence-electron chi connectivity index (χ4n) is 2.31. The molecule has 0 unspecified atom stereocenters. The molecule has 0 bridgehead atoms. The van der Waals surface area contributed by atoms with E-state index in [0.717, 1.165) is 16.7 Å². The molecule has 1 atom stereocenters. The number of rotatable bonds is 6. The third-order valence-corrected chi connectivity index (χ3v) is 4.16. The molecule has 0 aliphatic rings. The molecule has 0 spiro atoms. The van der Waals surface area contributed by atoms with Crippen LogP contribution < -0.4 is 10.6 Å². The Bertz CT molecular complexity index is 844. The molecule has 2 rings (SSSR count). The van der Waals surface area contributed by atoms with Crippen molar-refractivity contribution in [2.24, 2.45) is 0 Å². The van der Waals surface area contributed by atoms with E-state index < -0.39 is 18.0 Å². The van der Waals surface area contributed by atoms with Crippen LogP contribution in [0.25, 0.3) is 0 Å². The molecule has 0 radical (unpaired) electrons. The molecular formula is C21H24N2O4. The van der Waals surface area contributed by atoms with Gasteiger partial charge in [0, 0.05) is 11.3 Å². The predicted octanol–water partition coefficient (Wildman–Crippen LogP) is 2.91. The first-order chi connectivity index (χ1) is 12.8. The number of carbonyl (C=O) groups is 3. The van der Waals surface area contributed by atoms with Crippen LogP contribution in [0.1, 0.15) is 34.0 Å². The summed E-state index contributed by atoms with van der Waals surface area (Å²) in [5, 5.41) is 5.17. The Morgan fingerprint density at radius 3 is 2.26 bits per heavy atom. The summed E-state index contributed by atoms with van der Waals surface area (Å²) in [6, 6.07) is 12.6. The maximum absolute atomic E-state index is 12.1. The van der Waals surface area contributed by atoms with Crippen LogP contribution in [0.2, 0.25) is 0 Å². The number of ether oxygens (including phenoxy) is 1. The second-order valence-electron chi connectivity index (χ2n) is 6.47. The Hall–Kier alpha value is -3.15. The number of amides is 2. The molecule has 142 valence electrons. The van der Waals surface area contributed by atoms with E-state index in [-0.39, 0.29) is 12.5 Å².